The molecule has 1 aliphatic rings. The molecule has 0 aliphatic heterocycles. The maximum Gasteiger partial charge on any atom is 0.314 e. The molecule has 1 amide bonds. The lowest BCUT2D eigenvalue weighted by Gasteiger charge is -2.18. The second-order valence-corrected chi connectivity index (χ2v) is 6.46. The minimum Gasteiger partial charge on any atom is -0.426 e. The van der Waals surface area contributed by atoms with E-state index in [9.17, 15) is 9.59 Å². The Bertz CT molecular complexity index is 749. The van der Waals surface area contributed by atoms with Crippen LogP contribution in [0.15, 0.2) is 48.5 Å². The summed E-state index contributed by atoms with van der Waals surface area (Å²) >= 11 is 0. The average molecular weight is 323 g/mol. The maximum atomic E-state index is 12.5. The Kier molecular flexibility index (Phi) is 4.38. The van der Waals surface area contributed by atoms with Crippen molar-refractivity contribution in [2.75, 3.05) is 11.9 Å². The molecule has 0 bridgehead atoms. The number of benzene rings is 2. The molecule has 1 saturated carbocycles. The molecule has 4 nitrogen and oxygen atoms in total. The largest absolute Gasteiger partial charge is 0.426 e. The molecule has 4 heteroatoms. The second kappa shape index (κ2) is 6.48. The van der Waals surface area contributed by atoms with Crippen LogP contribution >= 0.6 is 0 Å². The van der Waals surface area contributed by atoms with Crippen LogP contribution in [0.5, 0.6) is 5.75 Å². The standard InChI is InChI=1S/C20H21NO3/c1-13-4-6-15(7-5-13)19(22)21(3)16-8-10-17(11-9-16)24-20(23)18-12-14(18)2/h4-11,14,18H,12H2,1-3H3. The van der Waals surface area contributed by atoms with E-state index in [2.05, 4.69) is 0 Å². The van der Waals surface area contributed by atoms with E-state index in [1.165, 1.54) is 0 Å². The van der Waals surface area contributed by atoms with Crippen molar-refractivity contribution >= 4 is 17.6 Å². The highest BCUT2D eigenvalue weighted by molar-refractivity contribution is 6.05. The summed E-state index contributed by atoms with van der Waals surface area (Å²) in [6.07, 6.45) is 0.907. The van der Waals surface area contributed by atoms with E-state index in [0.717, 1.165) is 17.7 Å². The Morgan fingerprint density at radius 1 is 1.04 bits per heavy atom. The second-order valence-electron chi connectivity index (χ2n) is 6.46. The van der Waals surface area contributed by atoms with Gasteiger partial charge in [-0.3, -0.25) is 9.59 Å². The molecule has 0 heterocycles. The van der Waals surface area contributed by atoms with Gasteiger partial charge in [0, 0.05) is 18.3 Å². The summed E-state index contributed by atoms with van der Waals surface area (Å²) in [7, 11) is 1.73. The van der Waals surface area contributed by atoms with Crippen LogP contribution in [-0.4, -0.2) is 18.9 Å². The van der Waals surface area contributed by atoms with Crippen molar-refractivity contribution in [3.63, 3.8) is 0 Å². The van der Waals surface area contributed by atoms with Gasteiger partial charge >= 0.3 is 5.97 Å². The first-order valence-corrected chi connectivity index (χ1v) is 8.12. The molecule has 3 rings (SSSR count). The van der Waals surface area contributed by atoms with Crippen LogP contribution in [0.3, 0.4) is 0 Å². The summed E-state index contributed by atoms with van der Waals surface area (Å²) in [5.41, 5.74) is 2.51. The molecular formula is C20H21NO3. The molecule has 1 fully saturated rings. The molecule has 2 unspecified atom stereocenters. The number of hydrogen-bond donors (Lipinski definition) is 0. The molecule has 0 radical (unpaired) electrons. The van der Waals surface area contributed by atoms with Gasteiger partial charge in [0.05, 0.1) is 5.92 Å². The number of rotatable bonds is 4. The van der Waals surface area contributed by atoms with Gasteiger partial charge in [-0.05, 0) is 55.7 Å². The van der Waals surface area contributed by atoms with Gasteiger partial charge in [-0.1, -0.05) is 24.6 Å². The molecule has 124 valence electrons. The third-order valence-corrected chi connectivity index (χ3v) is 4.46. The van der Waals surface area contributed by atoms with E-state index in [-0.39, 0.29) is 17.8 Å². The summed E-state index contributed by atoms with van der Waals surface area (Å²) in [6.45, 7) is 4.03. The zero-order valence-corrected chi connectivity index (χ0v) is 14.2. The topological polar surface area (TPSA) is 46.6 Å². The van der Waals surface area contributed by atoms with E-state index < -0.39 is 0 Å². The molecule has 24 heavy (non-hydrogen) atoms. The van der Waals surface area contributed by atoms with Crippen LogP contribution in [0.1, 0.15) is 29.3 Å². The lowest BCUT2D eigenvalue weighted by molar-refractivity contribution is -0.136. The molecule has 1 aliphatic carbocycles. The van der Waals surface area contributed by atoms with Crippen LogP contribution in [0.4, 0.5) is 5.69 Å². The minimum absolute atomic E-state index is 0.0375. The summed E-state index contributed by atoms with van der Waals surface area (Å²) in [4.78, 5) is 25.9. The van der Waals surface area contributed by atoms with Crippen molar-refractivity contribution < 1.29 is 14.3 Å². The van der Waals surface area contributed by atoms with Crippen molar-refractivity contribution in [2.24, 2.45) is 11.8 Å². The zero-order valence-electron chi connectivity index (χ0n) is 14.2. The molecule has 2 aromatic rings. The van der Waals surface area contributed by atoms with Crippen LogP contribution in [0.2, 0.25) is 0 Å². The van der Waals surface area contributed by atoms with E-state index in [4.69, 9.17) is 4.74 Å². The number of hydrogen-bond acceptors (Lipinski definition) is 3. The number of carbonyl (C=O) groups excluding carboxylic acids is 2. The van der Waals surface area contributed by atoms with Crippen molar-refractivity contribution in [2.45, 2.75) is 20.3 Å². The van der Waals surface area contributed by atoms with Crippen molar-refractivity contribution in [3.8, 4) is 5.75 Å². The summed E-state index contributed by atoms with van der Waals surface area (Å²) in [6, 6.07) is 14.5. The Morgan fingerprint density at radius 2 is 1.62 bits per heavy atom. The summed E-state index contributed by atoms with van der Waals surface area (Å²) in [5.74, 6) is 0.732. The number of ether oxygens (including phenoxy) is 1. The third-order valence-electron chi connectivity index (χ3n) is 4.46. The number of anilines is 1. The Labute approximate surface area is 142 Å². The van der Waals surface area contributed by atoms with Crippen LogP contribution in [0.25, 0.3) is 0 Å². The van der Waals surface area contributed by atoms with E-state index in [1.807, 2.05) is 38.1 Å². The van der Waals surface area contributed by atoms with Crippen LogP contribution < -0.4 is 9.64 Å². The minimum atomic E-state index is -0.167. The SMILES string of the molecule is Cc1ccc(C(=O)N(C)c2ccc(OC(=O)C3CC3C)cc2)cc1. The normalized spacial score (nSPS) is 18.8. The van der Waals surface area contributed by atoms with Gasteiger partial charge in [0.2, 0.25) is 0 Å². The van der Waals surface area contributed by atoms with E-state index in [0.29, 0.717) is 17.2 Å². The fraction of sp³-hybridized carbons (Fsp3) is 0.300. The molecule has 2 aromatic carbocycles. The molecular weight excluding hydrogens is 302 g/mol. The quantitative estimate of drug-likeness (QED) is 0.634. The lowest BCUT2D eigenvalue weighted by Crippen LogP contribution is -2.26. The first-order chi connectivity index (χ1) is 11.5. The van der Waals surface area contributed by atoms with E-state index in [1.54, 1.807) is 36.2 Å². The Morgan fingerprint density at radius 3 is 2.17 bits per heavy atom. The zero-order chi connectivity index (χ0) is 17.3. The van der Waals surface area contributed by atoms with Gasteiger partial charge in [0.1, 0.15) is 5.75 Å². The van der Waals surface area contributed by atoms with Crippen molar-refractivity contribution in [1.82, 2.24) is 0 Å². The highest BCUT2D eigenvalue weighted by Crippen LogP contribution is 2.38. The van der Waals surface area contributed by atoms with Gasteiger partial charge in [-0.15, -0.1) is 0 Å². The van der Waals surface area contributed by atoms with Gasteiger partial charge < -0.3 is 9.64 Å². The number of nitrogens with zero attached hydrogens (tertiary/aromatic N) is 1. The number of carbonyl (C=O) groups is 2. The molecule has 0 spiro atoms. The highest BCUT2D eigenvalue weighted by atomic mass is 16.5. The van der Waals surface area contributed by atoms with Gasteiger partial charge in [0.25, 0.3) is 5.91 Å². The fourth-order valence-electron chi connectivity index (χ4n) is 2.59. The Balaban J connectivity index is 1.67. The monoisotopic (exact) mass is 323 g/mol. The van der Waals surface area contributed by atoms with Crippen LogP contribution in [0, 0.1) is 18.8 Å². The average Bonchev–Trinajstić information content (AvgIpc) is 3.32. The van der Waals surface area contributed by atoms with Gasteiger partial charge in [0.15, 0.2) is 0 Å². The number of esters is 1. The fourth-order valence-corrected chi connectivity index (χ4v) is 2.59. The first-order valence-electron chi connectivity index (χ1n) is 8.12. The van der Waals surface area contributed by atoms with Crippen molar-refractivity contribution in [3.05, 3.63) is 59.7 Å². The number of aryl methyl sites for hydroxylation is 1. The molecule has 0 aromatic heterocycles. The first kappa shape index (κ1) is 16.2. The predicted molar refractivity (Wildman–Crippen MR) is 93.3 cm³/mol. The molecule has 0 saturated heterocycles. The van der Waals surface area contributed by atoms with Gasteiger partial charge in [-0.2, -0.15) is 0 Å². The predicted octanol–water partition coefficient (Wildman–Crippen LogP) is 3.83. The summed E-state index contributed by atoms with van der Waals surface area (Å²) < 4.78 is 5.36. The Hall–Kier alpha value is -2.62. The number of amides is 1. The smallest absolute Gasteiger partial charge is 0.314 e. The van der Waals surface area contributed by atoms with Gasteiger partial charge in [-0.25, -0.2) is 0 Å². The lowest BCUT2D eigenvalue weighted by atomic mass is 10.1. The van der Waals surface area contributed by atoms with Crippen molar-refractivity contribution in [1.29, 1.82) is 0 Å². The molecule has 2 atom stereocenters. The van der Waals surface area contributed by atoms with Crippen LogP contribution in [-0.2, 0) is 4.79 Å². The van der Waals surface area contributed by atoms with E-state index >= 15 is 0 Å². The highest BCUT2D eigenvalue weighted by Gasteiger charge is 2.40. The maximum absolute atomic E-state index is 12.5. The summed E-state index contributed by atoms with van der Waals surface area (Å²) in [5, 5.41) is 0. The third kappa shape index (κ3) is 3.48. The molecule has 0 N–H and O–H groups in total.